The van der Waals surface area contributed by atoms with Crippen LogP contribution >= 0.6 is 0 Å². The Kier molecular flexibility index (Phi) is 3.98. The zero-order chi connectivity index (χ0) is 14.7. The van der Waals surface area contributed by atoms with Crippen molar-refractivity contribution in [2.24, 2.45) is 7.05 Å². The van der Waals surface area contributed by atoms with E-state index in [1.807, 2.05) is 0 Å². The number of carbonyl (C=O) groups excluding carboxylic acids is 1. The third-order valence-corrected chi connectivity index (χ3v) is 2.81. The molecule has 5 heteroatoms. The molecule has 0 saturated heterocycles. The average molecular weight is 275 g/mol. The molecule has 0 aliphatic heterocycles. The molecule has 0 N–H and O–H groups in total. The summed E-state index contributed by atoms with van der Waals surface area (Å²) in [5, 5.41) is 0. The molecular formula is C15H14FNO3. The molecule has 0 unspecified atom stereocenters. The van der Waals surface area contributed by atoms with E-state index in [4.69, 9.17) is 4.74 Å². The minimum atomic E-state index is -0.655. The summed E-state index contributed by atoms with van der Waals surface area (Å²) in [4.78, 5) is 24.1. The fourth-order valence-electron chi connectivity index (χ4n) is 1.90. The van der Waals surface area contributed by atoms with Crippen LogP contribution in [0.1, 0.15) is 17.3 Å². The third kappa shape index (κ3) is 2.77. The van der Waals surface area contributed by atoms with Gasteiger partial charge in [0.05, 0.1) is 6.61 Å². The van der Waals surface area contributed by atoms with E-state index < -0.39 is 11.4 Å². The lowest BCUT2D eigenvalue weighted by molar-refractivity contribution is 0.0524. The van der Waals surface area contributed by atoms with Crippen molar-refractivity contribution in [3.8, 4) is 11.1 Å². The summed E-state index contributed by atoms with van der Waals surface area (Å²) in [6, 6.07) is 5.54. The number of benzene rings is 1. The van der Waals surface area contributed by atoms with Gasteiger partial charge in [-0.15, -0.1) is 0 Å². The summed E-state index contributed by atoms with van der Waals surface area (Å²) in [5.74, 6) is -1.04. The summed E-state index contributed by atoms with van der Waals surface area (Å²) in [5.41, 5.74) is 0.431. The van der Waals surface area contributed by atoms with E-state index in [0.717, 1.165) is 0 Å². The number of hydrogen-bond donors (Lipinski definition) is 0. The Labute approximate surface area is 115 Å². The molecular weight excluding hydrogens is 261 g/mol. The van der Waals surface area contributed by atoms with Crippen molar-refractivity contribution in [3.63, 3.8) is 0 Å². The second-order valence-electron chi connectivity index (χ2n) is 4.31. The van der Waals surface area contributed by atoms with Crippen LogP contribution in [0.2, 0.25) is 0 Å². The molecule has 0 saturated carbocycles. The van der Waals surface area contributed by atoms with E-state index in [-0.39, 0.29) is 18.0 Å². The van der Waals surface area contributed by atoms with E-state index in [1.165, 1.54) is 30.5 Å². The van der Waals surface area contributed by atoms with Gasteiger partial charge < -0.3 is 9.30 Å². The van der Waals surface area contributed by atoms with Crippen molar-refractivity contribution >= 4 is 5.97 Å². The van der Waals surface area contributed by atoms with Gasteiger partial charge in [0.25, 0.3) is 0 Å². The number of pyridine rings is 1. The number of aryl methyl sites for hydroxylation is 1. The molecule has 0 fully saturated rings. The summed E-state index contributed by atoms with van der Waals surface area (Å²) in [6.45, 7) is 1.87. The quantitative estimate of drug-likeness (QED) is 0.808. The van der Waals surface area contributed by atoms with Crippen LogP contribution in [0.4, 0.5) is 4.39 Å². The second kappa shape index (κ2) is 5.69. The summed E-state index contributed by atoms with van der Waals surface area (Å²) >= 11 is 0. The topological polar surface area (TPSA) is 48.3 Å². The molecule has 2 rings (SSSR count). The van der Waals surface area contributed by atoms with Crippen molar-refractivity contribution in [2.45, 2.75) is 6.92 Å². The maximum Gasteiger partial charge on any atom is 0.343 e. The Hall–Kier alpha value is -2.43. The number of halogens is 1. The number of ether oxygens (including phenoxy) is 1. The van der Waals surface area contributed by atoms with Gasteiger partial charge in [-0.2, -0.15) is 0 Å². The van der Waals surface area contributed by atoms with Crippen molar-refractivity contribution in [1.82, 2.24) is 4.57 Å². The molecule has 0 atom stereocenters. The van der Waals surface area contributed by atoms with Crippen LogP contribution in [0.15, 0.2) is 41.5 Å². The number of carbonyl (C=O) groups is 1. The summed E-state index contributed by atoms with van der Waals surface area (Å²) < 4.78 is 19.4. The van der Waals surface area contributed by atoms with E-state index in [9.17, 15) is 14.0 Å². The first kappa shape index (κ1) is 14.0. The molecule has 0 radical (unpaired) electrons. The second-order valence-corrected chi connectivity index (χ2v) is 4.31. The lowest BCUT2D eigenvalue weighted by Crippen LogP contribution is -2.21. The average Bonchev–Trinajstić information content (AvgIpc) is 2.42. The fourth-order valence-corrected chi connectivity index (χ4v) is 1.90. The van der Waals surface area contributed by atoms with Gasteiger partial charge in [0, 0.05) is 25.0 Å². The zero-order valence-electron chi connectivity index (χ0n) is 11.2. The maximum atomic E-state index is 12.9. The minimum absolute atomic E-state index is 0.0313. The van der Waals surface area contributed by atoms with Crippen LogP contribution in [-0.4, -0.2) is 17.1 Å². The SMILES string of the molecule is CCOC(=O)c1cn(C)cc(-c2ccc(F)cc2)c1=O. The molecule has 1 aromatic carbocycles. The smallest absolute Gasteiger partial charge is 0.343 e. The van der Waals surface area contributed by atoms with E-state index >= 15 is 0 Å². The molecule has 1 aromatic heterocycles. The lowest BCUT2D eigenvalue weighted by Gasteiger charge is -2.08. The Morgan fingerprint density at radius 3 is 2.50 bits per heavy atom. The van der Waals surface area contributed by atoms with Crippen molar-refractivity contribution in [2.75, 3.05) is 6.61 Å². The number of rotatable bonds is 3. The Morgan fingerprint density at radius 1 is 1.25 bits per heavy atom. The molecule has 0 aliphatic carbocycles. The van der Waals surface area contributed by atoms with Gasteiger partial charge >= 0.3 is 5.97 Å². The van der Waals surface area contributed by atoms with Gasteiger partial charge in [-0.25, -0.2) is 9.18 Å². The normalized spacial score (nSPS) is 10.3. The van der Waals surface area contributed by atoms with Crippen LogP contribution in [-0.2, 0) is 11.8 Å². The Morgan fingerprint density at radius 2 is 1.90 bits per heavy atom. The predicted octanol–water partition coefficient (Wildman–Crippen LogP) is 2.37. The number of hydrogen-bond acceptors (Lipinski definition) is 3. The van der Waals surface area contributed by atoms with E-state index in [0.29, 0.717) is 11.1 Å². The van der Waals surface area contributed by atoms with Gasteiger partial charge in [0.1, 0.15) is 11.4 Å². The standard InChI is InChI=1S/C15H14FNO3/c1-3-20-15(19)13-9-17(2)8-12(14(13)18)10-4-6-11(16)7-5-10/h4-9H,3H2,1-2H3. The first-order valence-electron chi connectivity index (χ1n) is 6.16. The molecule has 0 aliphatic rings. The van der Waals surface area contributed by atoms with Crippen LogP contribution in [0.5, 0.6) is 0 Å². The molecule has 4 nitrogen and oxygen atoms in total. The first-order valence-corrected chi connectivity index (χ1v) is 6.16. The van der Waals surface area contributed by atoms with Crippen LogP contribution in [0, 0.1) is 5.82 Å². The van der Waals surface area contributed by atoms with E-state index in [1.54, 1.807) is 24.7 Å². The highest BCUT2D eigenvalue weighted by Gasteiger charge is 2.16. The number of esters is 1. The molecule has 0 amide bonds. The lowest BCUT2D eigenvalue weighted by atomic mass is 10.1. The highest BCUT2D eigenvalue weighted by molar-refractivity contribution is 5.90. The summed E-state index contributed by atoms with van der Waals surface area (Å²) in [7, 11) is 1.70. The monoisotopic (exact) mass is 275 g/mol. The van der Waals surface area contributed by atoms with Crippen LogP contribution in [0.25, 0.3) is 11.1 Å². The Balaban J connectivity index is 2.57. The highest BCUT2D eigenvalue weighted by Crippen LogP contribution is 2.16. The minimum Gasteiger partial charge on any atom is -0.462 e. The third-order valence-electron chi connectivity index (χ3n) is 2.81. The van der Waals surface area contributed by atoms with Gasteiger partial charge in [0.15, 0.2) is 0 Å². The molecule has 104 valence electrons. The van der Waals surface area contributed by atoms with Gasteiger partial charge in [-0.3, -0.25) is 4.79 Å². The molecule has 0 spiro atoms. The van der Waals surface area contributed by atoms with Crippen molar-refractivity contribution in [1.29, 1.82) is 0 Å². The molecule has 1 heterocycles. The van der Waals surface area contributed by atoms with Crippen LogP contribution < -0.4 is 5.43 Å². The predicted molar refractivity (Wildman–Crippen MR) is 73.0 cm³/mol. The Bertz CT molecular complexity index is 689. The van der Waals surface area contributed by atoms with E-state index in [2.05, 4.69) is 0 Å². The molecule has 0 bridgehead atoms. The van der Waals surface area contributed by atoms with Crippen molar-refractivity contribution < 1.29 is 13.9 Å². The largest absolute Gasteiger partial charge is 0.462 e. The highest BCUT2D eigenvalue weighted by atomic mass is 19.1. The summed E-state index contributed by atoms with van der Waals surface area (Å²) in [6.07, 6.45) is 3.02. The number of aromatic nitrogens is 1. The van der Waals surface area contributed by atoms with Gasteiger partial charge in [0.2, 0.25) is 5.43 Å². The maximum absolute atomic E-state index is 12.9. The van der Waals surface area contributed by atoms with Gasteiger partial charge in [-0.1, -0.05) is 12.1 Å². The number of nitrogens with zero attached hydrogens (tertiary/aromatic N) is 1. The first-order chi connectivity index (χ1) is 9.52. The fraction of sp³-hybridized carbons (Fsp3) is 0.200. The zero-order valence-corrected chi connectivity index (χ0v) is 11.2. The van der Waals surface area contributed by atoms with Gasteiger partial charge in [-0.05, 0) is 24.6 Å². The molecule has 20 heavy (non-hydrogen) atoms. The van der Waals surface area contributed by atoms with Crippen LogP contribution in [0.3, 0.4) is 0 Å². The van der Waals surface area contributed by atoms with Crippen molar-refractivity contribution in [3.05, 3.63) is 58.3 Å². The molecule has 2 aromatic rings.